The van der Waals surface area contributed by atoms with Crippen LogP contribution in [0.3, 0.4) is 0 Å². The number of ether oxygens (including phenoxy) is 1. The van der Waals surface area contributed by atoms with Crippen molar-refractivity contribution in [3.05, 3.63) is 89.5 Å². The van der Waals surface area contributed by atoms with Gasteiger partial charge in [-0.05, 0) is 54.0 Å². The fourth-order valence-electron chi connectivity index (χ4n) is 3.03. The van der Waals surface area contributed by atoms with Crippen molar-refractivity contribution >= 4 is 26.7 Å². The van der Waals surface area contributed by atoms with Crippen molar-refractivity contribution in [1.29, 1.82) is 0 Å². The minimum absolute atomic E-state index is 0.0448. The van der Waals surface area contributed by atoms with E-state index in [9.17, 15) is 13.2 Å². The molecule has 0 heterocycles. The molecule has 0 aromatic heterocycles. The summed E-state index contributed by atoms with van der Waals surface area (Å²) in [5.74, 6) is -0.191. The van der Waals surface area contributed by atoms with Crippen LogP contribution in [0.2, 0.25) is 0 Å². The van der Waals surface area contributed by atoms with Gasteiger partial charge in [-0.2, -0.15) is 0 Å². The SMILES string of the molecule is CC(C)=CCOc1cccc(CC(=O)NS(=O)(=O)Cc2ccc3ccccc3c2)c1. The highest BCUT2D eigenvalue weighted by atomic mass is 32.2. The molecule has 6 heteroatoms. The molecule has 0 radical (unpaired) electrons. The first kappa shape index (κ1) is 21.6. The molecular formula is C24H25NO4S. The maximum absolute atomic E-state index is 12.4. The summed E-state index contributed by atoms with van der Waals surface area (Å²) in [6, 6.07) is 20.3. The number of allylic oxidation sites excluding steroid dienone is 1. The lowest BCUT2D eigenvalue weighted by Crippen LogP contribution is -2.32. The van der Waals surface area contributed by atoms with Crippen LogP contribution in [-0.2, 0) is 27.0 Å². The molecule has 0 bridgehead atoms. The summed E-state index contributed by atoms with van der Waals surface area (Å²) in [4.78, 5) is 12.3. The van der Waals surface area contributed by atoms with Crippen molar-refractivity contribution in [2.75, 3.05) is 6.61 Å². The Morgan fingerprint density at radius 2 is 1.70 bits per heavy atom. The van der Waals surface area contributed by atoms with E-state index in [1.54, 1.807) is 30.3 Å². The van der Waals surface area contributed by atoms with E-state index < -0.39 is 15.9 Å². The summed E-state index contributed by atoms with van der Waals surface area (Å²) < 4.78 is 32.7. The number of hydrogen-bond acceptors (Lipinski definition) is 4. The first-order chi connectivity index (χ1) is 14.3. The van der Waals surface area contributed by atoms with E-state index in [-0.39, 0.29) is 12.2 Å². The van der Waals surface area contributed by atoms with Gasteiger partial charge in [-0.1, -0.05) is 60.2 Å². The molecule has 3 aromatic rings. The molecular weight excluding hydrogens is 398 g/mol. The number of sulfonamides is 1. The third-order valence-electron chi connectivity index (χ3n) is 4.44. The number of carbonyl (C=O) groups is 1. The van der Waals surface area contributed by atoms with E-state index in [2.05, 4.69) is 4.72 Å². The fourth-order valence-corrected chi connectivity index (χ4v) is 4.14. The zero-order valence-electron chi connectivity index (χ0n) is 17.1. The molecule has 30 heavy (non-hydrogen) atoms. The van der Waals surface area contributed by atoms with E-state index in [4.69, 9.17) is 4.74 Å². The van der Waals surface area contributed by atoms with Gasteiger partial charge in [0, 0.05) is 0 Å². The second-order valence-corrected chi connectivity index (χ2v) is 9.10. The maximum Gasteiger partial charge on any atom is 0.239 e. The summed E-state index contributed by atoms with van der Waals surface area (Å²) in [5, 5.41) is 2.00. The highest BCUT2D eigenvalue weighted by Gasteiger charge is 2.16. The molecule has 0 spiro atoms. The molecule has 156 valence electrons. The van der Waals surface area contributed by atoms with Crippen LogP contribution < -0.4 is 9.46 Å². The minimum Gasteiger partial charge on any atom is -0.490 e. The van der Waals surface area contributed by atoms with Crippen LogP contribution in [0.5, 0.6) is 5.75 Å². The zero-order chi connectivity index (χ0) is 21.6. The fraction of sp³-hybridized carbons (Fsp3) is 0.208. The Morgan fingerprint density at radius 3 is 2.47 bits per heavy atom. The van der Waals surface area contributed by atoms with Gasteiger partial charge in [0.25, 0.3) is 0 Å². The maximum atomic E-state index is 12.4. The van der Waals surface area contributed by atoms with Gasteiger partial charge in [0.2, 0.25) is 15.9 Å². The normalized spacial score (nSPS) is 11.1. The van der Waals surface area contributed by atoms with Crippen molar-refractivity contribution in [2.45, 2.75) is 26.0 Å². The Labute approximate surface area is 177 Å². The van der Waals surface area contributed by atoms with Crippen LogP contribution in [-0.4, -0.2) is 20.9 Å². The molecule has 0 fully saturated rings. The van der Waals surface area contributed by atoms with E-state index in [1.165, 1.54) is 0 Å². The lowest BCUT2D eigenvalue weighted by molar-refractivity contribution is -0.118. The van der Waals surface area contributed by atoms with Crippen LogP contribution in [0.4, 0.5) is 0 Å². The molecule has 3 rings (SSSR count). The van der Waals surface area contributed by atoms with Crippen molar-refractivity contribution < 1.29 is 17.9 Å². The molecule has 5 nitrogen and oxygen atoms in total. The third kappa shape index (κ3) is 6.46. The Kier molecular flexibility index (Phi) is 6.90. The quantitative estimate of drug-likeness (QED) is 0.546. The third-order valence-corrected chi connectivity index (χ3v) is 5.70. The molecule has 1 N–H and O–H groups in total. The number of rotatable bonds is 8. The second kappa shape index (κ2) is 9.59. The molecule has 0 atom stereocenters. The number of fused-ring (bicyclic) bond motifs is 1. The number of hydrogen-bond donors (Lipinski definition) is 1. The van der Waals surface area contributed by atoms with Crippen molar-refractivity contribution in [3.8, 4) is 5.75 Å². The molecule has 0 saturated heterocycles. The summed E-state index contributed by atoms with van der Waals surface area (Å²) in [6.07, 6.45) is 1.91. The van der Waals surface area contributed by atoms with Crippen LogP contribution in [0.1, 0.15) is 25.0 Å². The van der Waals surface area contributed by atoms with Crippen LogP contribution in [0.25, 0.3) is 10.8 Å². The van der Waals surface area contributed by atoms with E-state index in [0.29, 0.717) is 23.5 Å². The van der Waals surface area contributed by atoms with Crippen LogP contribution >= 0.6 is 0 Å². The highest BCUT2D eigenvalue weighted by Crippen LogP contribution is 2.17. The molecule has 0 aliphatic carbocycles. The Balaban J connectivity index is 1.61. The van der Waals surface area contributed by atoms with Crippen LogP contribution in [0.15, 0.2) is 78.4 Å². The second-order valence-electron chi connectivity index (χ2n) is 7.38. The van der Waals surface area contributed by atoms with Gasteiger partial charge in [-0.3, -0.25) is 9.52 Å². The van der Waals surface area contributed by atoms with Gasteiger partial charge in [-0.25, -0.2) is 8.42 Å². The largest absolute Gasteiger partial charge is 0.490 e. The Morgan fingerprint density at radius 1 is 0.933 bits per heavy atom. The monoisotopic (exact) mass is 423 g/mol. The topological polar surface area (TPSA) is 72.5 Å². The van der Waals surface area contributed by atoms with Crippen molar-refractivity contribution in [2.24, 2.45) is 0 Å². The van der Waals surface area contributed by atoms with Gasteiger partial charge < -0.3 is 4.74 Å². The predicted molar refractivity (Wildman–Crippen MR) is 120 cm³/mol. The van der Waals surface area contributed by atoms with Gasteiger partial charge in [0.15, 0.2) is 0 Å². The molecule has 0 aliphatic heterocycles. The smallest absolute Gasteiger partial charge is 0.239 e. The molecule has 0 saturated carbocycles. The average molecular weight is 424 g/mol. The number of benzene rings is 3. The Bertz CT molecular complexity index is 1180. The highest BCUT2D eigenvalue weighted by molar-refractivity contribution is 7.89. The Hall–Kier alpha value is -3.12. The van der Waals surface area contributed by atoms with E-state index in [0.717, 1.165) is 16.3 Å². The zero-order valence-corrected chi connectivity index (χ0v) is 17.9. The predicted octanol–water partition coefficient (Wildman–Crippen LogP) is 4.37. The van der Waals surface area contributed by atoms with Crippen molar-refractivity contribution in [3.63, 3.8) is 0 Å². The molecule has 3 aromatic carbocycles. The average Bonchev–Trinajstić information content (AvgIpc) is 2.67. The van der Waals surface area contributed by atoms with Crippen molar-refractivity contribution in [1.82, 2.24) is 4.72 Å². The van der Waals surface area contributed by atoms with Gasteiger partial charge in [-0.15, -0.1) is 0 Å². The summed E-state index contributed by atoms with van der Waals surface area (Å²) in [7, 11) is -3.79. The lowest BCUT2D eigenvalue weighted by atomic mass is 10.1. The molecule has 0 aliphatic rings. The van der Waals surface area contributed by atoms with E-state index in [1.807, 2.05) is 56.3 Å². The summed E-state index contributed by atoms with van der Waals surface area (Å²) >= 11 is 0. The molecule has 0 unspecified atom stereocenters. The van der Waals surface area contributed by atoms with Gasteiger partial charge in [0.1, 0.15) is 12.4 Å². The van der Waals surface area contributed by atoms with E-state index >= 15 is 0 Å². The number of amides is 1. The van der Waals surface area contributed by atoms with Gasteiger partial charge in [0.05, 0.1) is 12.2 Å². The summed E-state index contributed by atoms with van der Waals surface area (Å²) in [6.45, 7) is 4.42. The van der Waals surface area contributed by atoms with Gasteiger partial charge >= 0.3 is 0 Å². The lowest BCUT2D eigenvalue weighted by Gasteiger charge is -2.09. The molecule has 1 amide bonds. The number of nitrogens with one attached hydrogen (secondary N) is 1. The number of carbonyl (C=O) groups excluding carboxylic acids is 1. The first-order valence-electron chi connectivity index (χ1n) is 9.67. The first-order valence-corrected chi connectivity index (χ1v) is 11.3. The standard InChI is InChI=1S/C24H25NO4S/c1-18(2)12-13-29-23-9-5-6-19(15-23)16-24(26)25-30(27,28)17-20-10-11-21-7-3-4-8-22(21)14-20/h3-12,14-15H,13,16-17H2,1-2H3,(H,25,26). The van der Waals surface area contributed by atoms with Crippen LogP contribution in [0, 0.1) is 0 Å². The minimum atomic E-state index is -3.79. The summed E-state index contributed by atoms with van der Waals surface area (Å²) in [5.41, 5.74) is 2.47.